The molecule has 0 aromatic heterocycles. The number of ether oxygens (including phenoxy) is 1. The lowest BCUT2D eigenvalue weighted by atomic mass is 9.88. The van der Waals surface area contributed by atoms with E-state index in [0.717, 1.165) is 42.5 Å². The van der Waals surface area contributed by atoms with Crippen LogP contribution < -0.4 is 5.32 Å². The summed E-state index contributed by atoms with van der Waals surface area (Å²) >= 11 is 0. The van der Waals surface area contributed by atoms with Crippen molar-refractivity contribution in [2.75, 3.05) is 18.5 Å². The third kappa shape index (κ3) is 3.33. The molecule has 1 aliphatic heterocycles. The van der Waals surface area contributed by atoms with E-state index in [-0.39, 0.29) is 11.7 Å². The second-order valence-electron chi connectivity index (χ2n) is 6.60. The lowest BCUT2D eigenvalue weighted by Gasteiger charge is -2.24. The topological polar surface area (TPSA) is 38.3 Å². The van der Waals surface area contributed by atoms with Crippen molar-refractivity contribution >= 4 is 22.4 Å². The summed E-state index contributed by atoms with van der Waals surface area (Å²) < 4.78 is 18.5. The van der Waals surface area contributed by atoms with Gasteiger partial charge in [-0.2, -0.15) is 0 Å². The Balaban J connectivity index is 1.67. The molecule has 0 radical (unpaired) electrons. The monoisotopic (exact) mass is 349 g/mol. The van der Waals surface area contributed by atoms with Crippen molar-refractivity contribution in [2.24, 2.45) is 0 Å². The summed E-state index contributed by atoms with van der Waals surface area (Å²) in [7, 11) is 0. The third-order valence-electron chi connectivity index (χ3n) is 4.97. The fourth-order valence-electron chi connectivity index (χ4n) is 3.60. The maximum absolute atomic E-state index is 13.1. The van der Waals surface area contributed by atoms with E-state index in [0.29, 0.717) is 11.5 Å². The summed E-state index contributed by atoms with van der Waals surface area (Å²) in [4.78, 5) is 12.5. The number of carbonyl (C=O) groups excluding carboxylic acids is 1. The first kappa shape index (κ1) is 16.7. The van der Waals surface area contributed by atoms with E-state index in [1.807, 2.05) is 24.3 Å². The maximum Gasteiger partial charge on any atom is 0.255 e. The Bertz CT molecular complexity index is 931. The highest BCUT2D eigenvalue weighted by Gasteiger charge is 2.19. The molecule has 3 aromatic rings. The van der Waals surface area contributed by atoms with E-state index in [9.17, 15) is 9.18 Å². The van der Waals surface area contributed by atoms with Gasteiger partial charge in [0.05, 0.1) is 0 Å². The number of rotatable bonds is 3. The Morgan fingerprint density at radius 3 is 2.38 bits per heavy atom. The Morgan fingerprint density at radius 1 is 0.923 bits per heavy atom. The van der Waals surface area contributed by atoms with Crippen LogP contribution in [-0.2, 0) is 4.74 Å². The second kappa shape index (κ2) is 7.26. The molecule has 26 heavy (non-hydrogen) atoms. The van der Waals surface area contributed by atoms with Gasteiger partial charge in [0.1, 0.15) is 5.82 Å². The van der Waals surface area contributed by atoms with Crippen molar-refractivity contribution in [1.29, 1.82) is 0 Å². The van der Waals surface area contributed by atoms with Gasteiger partial charge in [0.25, 0.3) is 5.91 Å². The zero-order valence-corrected chi connectivity index (χ0v) is 14.4. The van der Waals surface area contributed by atoms with Crippen LogP contribution in [0.3, 0.4) is 0 Å². The normalized spacial score (nSPS) is 15.1. The summed E-state index contributed by atoms with van der Waals surface area (Å²) in [5.41, 5.74) is 2.51. The third-order valence-corrected chi connectivity index (χ3v) is 4.97. The Morgan fingerprint density at radius 2 is 1.62 bits per heavy atom. The molecule has 0 aliphatic carbocycles. The van der Waals surface area contributed by atoms with Crippen molar-refractivity contribution in [3.8, 4) is 0 Å². The predicted octanol–water partition coefficient (Wildman–Crippen LogP) is 5.13. The number of anilines is 1. The highest BCUT2D eigenvalue weighted by atomic mass is 19.1. The molecule has 1 fully saturated rings. The van der Waals surface area contributed by atoms with Crippen LogP contribution in [-0.4, -0.2) is 19.1 Å². The number of benzene rings is 3. The smallest absolute Gasteiger partial charge is 0.255 e. The molecule has 3 nitrogen and oxygen atoms in total. The van der Waals surface area contributed by atoms with Gasteiger partial charge in [-0.15, -0.1) is 0 Å². The standard InChI is InChI=1S/C22H20FNO2/c23-17-9-7-16(8-10-17)22(25)24-21-6-2-4-19-18(3-1-5-20(19)21)15-11-13-26-14-12-15/h1-10,15H,11-14H2,(H,24,25). The summed E-state index contributed by atoms with van der Waals surface area (Å²) in [6.45, 7) is 1.59. The number of carbonyl (C=O) groups is 1. The van der Waals surface area contributed by atoms with Crippen LogP contribution in [0.15, 0.2) is 60.7 Å². The Labute approximate surface area is 151 Å². The molecule has 1 saturated heterocycles. The van der Waals surface area contributed by atoms with Gasteiger partial charge in [-0.3, -0.25) is 4.79 Å². The summed E-state index contributed by atoms with van der Waals surface area (Å²) in [6.07, 6.45) is 2.04. The van der Waals surface area contributed by atoms with E-state index in [4.69, 9.17) is 4.74 Å². The van der Waals surface area contributed by atoms with Crippen LogP contribution in [0.4, 0.5) is 10.1 Å². The molecule has 1 heterocycles. The van der Waals surface area contributed by atoms with Crippen LogP contribution in [0.25, 0.3) is 10.8 Å². The minimum atomic E-state index is -0.354. The lowest BCUT2D eigenvalue weighted by molar-refractivity contribution is 0.0856. The van der Waals surface area contributed by atoms with Gasteiger partial charge in [0.2, 0.25) is 0 Å². The SMILES string of the molecule is O=C(Nc1cccc2c(C3CCOCC3)cccc12)c1ccc(F)cc1. The molecule has 0 spiro atoms. The average Bonchev–Trinajstić information content (AvgIpc) is 2.69. The van der Waals surface area contributed by atoms with Gasteiger partial charge in [-0.05, 0) is 60.0 Å². The van der Waals surface area contributed by atoms with E-state index in [2.05, 4.69) is 17.4 Å². The van der Waals surface area contributed by atoms with E-state index >= 15 is 0 Å². The number of hydrogen-bond acceptors (Lipinski definition) is 2. The molecular formula is C22H20FNO2. The first-order chi connectivity index (χ1) is 12.7. The van der Waals surface area contributed by atoms with Crippen LogP contribution in [0.1, 0.15) is 34.7 Å². The van der Waals surface area contributed by atoms with Crippen LogP contribution in [0.2, 0.25) is 0 Å². The number of halogens is 1. The zero-order chi connectivity index (χ0) is 17.9. The largest absolute Gasteiger partial charge is 0.381 e. The first-order valence-corrected chi connectivity index (χ1v) is 8.89. The molecule has 1 amide bonds. The molecule has 4 rings (SSSR count). The van der Waals surface area contributed by atoms with Gasteiger partial charge in [0.15, 0.2) is 0 Å². The van der Waals surface area contributed by atoms with Gasteiger partial charge in [-0.25, -0.2) is 4.39 Å². The number of nitrogens with one attached hydrogen (secondary N) is 1. The second-order valence-corrected chi connectivity index (χ2v) is 6.60. The Kier molecular flexibility index (Phi) is 4.67. The minimum absolute atomic E-state index is 0.242. The number of hydrogen-bond donors (Lipinski definition) is 1. The van der Waals surface area contributed by atoms with Crippen molar-refractivity contribution in [2.45, 2.75) is 18.8 Å². The highest BCUT2D eigenvalue weighted by molar-refractivity contribution is 6.09. The molecule has 1 aliphatic rings. The fraction of sp³-hybridized carbons (Fsp3) is 0.227. The van der Waals surface area contributed by atoms with Crippen molar-refractivity contribution in [3.05, 3.63) is 77.6 Å². The molecule has 0 atom stereocenters. The zero-order valence-electron chi connectivity index (χ0n) is 14.4. The van der Waals surface area contributed by atoms with E-state index < -0.39 is 0 Å². The maximum atomic E-state index is 13.1. The summed E-state index contributed by atoms with van der Waals surface area (Å²) in [5.74, 6) is -0.114. The molecule has 0 saturated carbocycles. The molecular weight excluding hydrogens is 329 g/mol. The molecule has 3 aromatic carbocycles. The van der Waals surface area contributed by atoms with Gasteiger partial charge < -0.3 is 10.1 Å². The van der Waals surface area contributed by atoms with Gasteiger partial charge in [0, 0.05) is 29.9 Å². The van der Waals surface area contributed by atoms with Gasteiger partial charge in [-0.1, -0.05) is 30.3 Å². The van der Waals surface area contributed by atoms with Gasteiger partial charge >= 0.3 is 0 Å². The quantitative estimate of drug-likeness (QED) is 0.712. The van der Waals surface area contributed by atoms with Crippen LogP contribution >= 0.6 is 0 Å². The molecule has 1 N–H and O–H groups in total. The lowest BCUT2D eigenvalue weighted by Crippen LogP contribution is -2.15. The van der Waals surface area contributed by atoms with Crippen molar-refractivity contribution in [1.82, 2.24) is 0 Å². The Hall–Kier alpha value is -2.72. The fourth-order valence-corrected chi connectivity index (χ4v) is 3.60. The van der Waals surface area contributed by atoms with E-state index in [1.165, 1.54) is 29.8 Å². The van der Waals surface area contributed by atoms with E-state index in [1.54, 1.807) is 0 Å². The first-order valence-electron chi connectivity index (χ1n) is 8.89. The van der Waals surface area contributed by atoms with Crippen molar-refractivity contribution in [3.63, 3.8) is 0 Å². The predicted molar refractivity (Wildman–Crippen MR) is 101 cm³/mol. The minimum Gasteiger partial charge on any atom is -0.381 e. The number of amides is 1. The summed E-state index contributed by atoms with van der Waals surface area (Å²) in [6, 6.07) is 17.8. The molecule has 132 valence electrons. The van der Waals surface area contributed by atoms with Crippen LogP contribution in [0, 0.1) is 5.82 Å². The molecule has 0 unspecified atom stereocenters. The van der Waals surface area contributed by atoms with Crippen molar-refractivity contribution < 1.29 is 13.9 Å². The summed E-state index contributed by atoms with van der Waals surface area (Å²) in [5, 5.41) is 5.15. The average molecular weight is 349 g/mol. The van der Waals surface area contributed by atoms with Crippen LogP contribution in [0.5, 0.6) is 0 Å². The molecule has 0 bridgehead atoms. The molecule has 4 heteroatoms. The number of fused-ring (bicyclic) bond motifs is 1. The highest BCUT2D eigenvalue weighted by Crippen LogP contribution is 2.35.